The average molecular weight is 1190 g/mol. The number of amides is 9. The molecule has 2 aromatic rings. The van der Waals surface area contributed by atoms with Crippen LogP contribution in [0.15, 0.2) is 52.8 Å². The number of hydrogen-bond acceptors (Lipinski definition) is 16. The molecule has 0 aliphatic heterocycles. The van der Waals surface area contributed by atoms with Gasteiger partial charge in [0.2, 0.25) is 53.2 Å². The Kier molecular flexibility index (Phi) is 31.5. The number of carboxylic acids is 1. The molecular formula is C53H88N18O13. The van der Waals surface area contributed by atoms with Crippen molar-refractivity contribution in [3.05, 3.63) is 54.1 Å². The number of guanidine groups is 2. The highest BCUT2D eigenvalue weighted by atomic mass is 16.4. The number of aromatic nitrogens is 2. The van der Waals surface area contributed by atoms with Gasteiger partial charge in [-0.3, -0.25) is 57.9 Å². The topological polar surface area (TPSA) is 514 Å². The molecule has 31 nitrogen and oxygen atoms in total. The van der Waals surface area contributed by atoms with E-state index in [1.54, 1.807) is 58.0 Å². The lowest BCUT2D eigenvalue weighted by Crippen LogP contribution is -2.62. The lowest BCUT2D eigenvalue weighted by molar-refractivity contribution is -0.147. The summed E-state index contributed by atoms with van der Waals surface area (Å²) in [5.41, 5.74) is 28.8. The molecule has 22 N–H and O–H groups in total. The molecule has 0 radical (unpaired) electrons. The molecule has 0 bridgehead atoms. The summed E-state index contributed by atoms with van der Waals surface area (Å²) in [6.07, 6.45) is 0.376. The maximum Gasteiger partial charge on any atom is 0.323 e. The summed E-state index contributed by atoms with van der Waals surface area (Å²) in [5, 5.41) is 51.1. The third kappa shape index (κ3) is 26.6. The molecule has 1 aromatic heterocycles. The maximum absolute atomic E-state index is 14.2. The average Bonchev–Trinajstić information content (AvgIpc) is 4.01. The van der Waals surface area contributed by atoms with Crippen molar-refractivity contribution in [2.24, 2.45) is 50.5 Å². The molecular weight excluding hydrogens is 1100 g/mol. The van der Waals surface area contributed by atoms with Gasteiger partial charge in [-0.2, -0.15) is 0 Å². The van der Waals surface area contributed by atoms with Crippen molar-refractivity contribution in [1.29, 1.82) is 0 Å². The maximum atomic E-state index is 14.2. The van der Waals surface area contributed by atoms with Gasteiger partial charge >= 0.3 is 5.97 Å². The molecule has 0 saturated carbocycles. The quantitative estimate of drug-likeness (QED) is 0.0170. The van der Waals surface area contributed by atoms with E-state index in [4.69, 9.17) is 28.7 Å². The number of aliphatic carboxylic acids is 1. The zero-order valence-corrected chi connectivity index (χ0v) is 48.8. The number of aryl methyl sites for hydroxylation is 1. The smallest absolute Gasteiger partial charge is 0.323 e. The SMILES string of the molecule is CCC(C)[C@H](NC(=O)[C@H](CCCN=C(N)N)NC(=O)CNC(=O)[C@@H](NC(=O)[C@@H](NC(=O)[C@H](Cc1cnc[nH]1)NC(=O)[C@H](CCc1ccccc1)NC(=O)[C@H](C)NC(=O)[C@@H](N)CCCN=C(N)N)[C@@H](C)O)[C@@H](C)O)C(=O)N(CC(=O)O)CC(C)C. The molecule has 2 rings (SSSR count). The van der Waals surface area contributed by atoms with Gasteiger partial charge in [0, 0.05) is 37.9 Å². The molecule has 0 spiro atoms. The standard InChI is InChI=1S/C53H88N18O13/c1-8-29(4)41(51(84)71(25-28(2)3)26-40(75)76)68-47(80)36(17-13-21-61-53(57)58)65-39(74)24-62-49(82)42(31(6)72)70-50(83)43(32(7)73)69-48(81)38(22-34-23-59-27-63-34)67-46(79)37(19-18-33-14-10-9-11-15-33)66-44(77)30(5)64-45(78)35(54)16-12-20-60-52(55)56/h9-11,14-15,23,27-32,35-38,41-43,72-73H,8,12-13,16-22,24-26,54H2,1-7H3,(H,59,63)(H,62,82)(H,64,78)(H,65,74)(H,66,77)(H,67,79)(H,68,80)(H,69,81)(H,70,83)(H,75,76)(H4,55,56,60)(H4,57,58,61)/t29?,30-,31+,32+,35-,36-,37-,38-,41-,42-,43-/m0/s1. The molecule has 0 aliphatic carbocycles. The van der Waals surface area contributed by atoms with Crippen molar-refractivity contribution in [1.82, 2.24) is 57.4 Å². The number of rotatable bonds is 38. The number of benzene rings is 1. The van der Waals surface area contributed by atoms with Crippen LogP contribution < -0.4 is 71.2 Å². The Morgan fingerprint density at radius 2 is 1.18 bits per heavy atom. The van der Waals surface area contributed by atoms with E-state index >= 15 is 0 Å². The number of nitrogens with one attached hydrogen (secondary N) is 9. The van der Waals surface area contributed by atoms with Gasteiger partial charge in [-0.1, -0.05) is 64.4 Å². The number of aliphatic hydroxyl groups is 2. The van der Waals surface area contributed by atoms with Crippen LogP contribution in [0.4, 0.5) is 0 Å². The summed E-state index contributed by atoms with van der Waals surface area (Å²) in [4.78, 5) is 151. The summed E-state index contributed by atoms with van der Waals surface area (Å²) in [6.45, 7) is 9.61. The number of carboxylic acid groups (broad SMARTS) is 1. The number of H-pyrrole nitrogens is 1. The van der Waals surface area contributed by atoms with E-state index in [1.807, 2.05) is 0 Å². The van der Waals surface area contributed by atoms with Crippen LogP contribution in [-0.2, 0) is 60.8 Å². The van der Waals surface area contributed by atoms with Crippen molar-refractivity contribution in [2.75, 3.05) is 32.7 Å². The summed E-state index contributed by atoms with van der Waals surface area (Å²) in [6, 6.07) is -2.30. The van der Waals surface area contributed by atoms with E-state index in [-0.39, 0.29) is 76.0 Å². The van der Waals surface area contributed by atoms with E-state index in [0.717, 1.165) is 24.3 Å². The Bertz CT molecular complexity index is 2520. The number of carbonyl (C=O) groups is 10. The fraction of sp³-hybridized carbons (Fsp3) is 0.604. The largest absolute Gasteiger partial charge is 0.480 e. The van der Waals surface area contributed by atoms with Gasteiger partial charge in [-0.25, -0.2) is 4.98 Å². The van der Waals surface area contributed by atoms with Crippen LogP contribution in [-0.4, -0.2) is 195 Å². The summed E-state index contributed by atoms with van der Waals surface area (Å²) in [7, 11) is 0. The highest BCUT2D eigenvalue weighted by Crippen LogP contribution is 2.15. The first-order valence-electron chi connectivity index (χ1n) is 27.7. The second kappa shape index (κ2) is 36.9. The second-order valence-corrected chi connectivity index (χ2v) is 20.8. The van der Waals surface area contributed by atoms with Crippen LogP contribution >= 0.6 is 0 Å². The molecule has 31 heteroatoms. The Morgan fingerprint density at radius 1 is 0.643 bits per heavy atom. The van der Waals surface area contributed by atoms with Gasteiger partial charge in [0.15, 0.2) is 11.9 Å². The number of imidazole rings is 1. The van der Waals surface area contributed by atoms with Gasteiger partial charge in [-0.15, -0.1) is 0 Å². The van der Waals surface area contributed by atoms with Crippen LogP contribution in [0.25, 0.3) is 0 Å². The van der Waals surface area contributed by atoms with Crippen molar-refractivity contribution in [3.63, 3.8) is 0 Å². The molecule has 9 amide bonds. The highest BCUT2D eigenvalue weighted by molar-refractivity contribution is 5.98. The number of aromatic amines is 1. The zero-order chi connectivity index (χ0) is 63.2. The molecule has 468 valence electrons. The first-order chi connectivity index (χ1) is 39.5. The summed E-state index contributed by atoms with van der Waals surface area (Å²) < 4.78 is 0. The second-order valence-electron chi connectivity index (χ2n) is 20.8. The fourth-order valence-electron chi connectivity index (χ4n) is 8.23. The molecule has 0 aliphatic rings. The number of nitrogens with two attached hydrogens (primary N) is 5. The van der Waals surface area contributed by atoms with Gasteiger partial charge in [0.25, 0.3) is 0 Å². The first-order valence-corrected chi connectivity index (χ1v) is 27.7. The third-order valence-corrected chi connectivity index (χ3v) is 13.0. The Morgan fingerprint density at radius 3 is 1.73 bits per heavy atom. The first kappa shape index (κ1) is 71.7. The van der Waals surface area contributed by atoms with Crippen LogP contribution in [0.1, 0.15) is 98.2 Å². The lowest BCUT2D eigenvalue weighted by atomic mass is 9.96. The van der Waals surface area contributed by atoms with Crippen molar-refractivity contribution >= 4 is 71.1 Å². The van der Waals surface area contributed by atoms with Crippen LogP contribution in [0.5, 0.6) is 0 Å². The van der Waals surface area contributed by atoms with E-state index in [9.17, 15) is 63.3 Å². The number of aliphatic imine (C=N–C) groups is 2. The Balaban J connectivity index is 2.33. The number of nitrogens with zero attached hydrogens (tertiary/aromatic N) is 4. The minimum atomic E-state index is -1.85. The van der Waals surface area contributed by atoms with E-state index in [1.165, 1.54) is 19.4 Å². The van der Waals surface area contributed by atoms with Crippen LogP contribution in [0, 0.1) is 11.8 Å². The Labute approximate surface area is 488 Å². The zero-order valence-electron chi connectivity index (χ0n) is 48.8. The number of carbonyl (C=O) groups excluding carboxylic acids is 9. The van der Waals surface area contributed by atoms with Crippen LogP contribution in [0.3, 0.4) is 0 Å². The van der Waals surface area contributed by atoms with Gasteiger partial charge < -0.3 is 96.4 Å². The van der Waals surface area contributed by atoms with E-state index in [2.05, 4.69) is 62.5 Å². The molecule has 1 unspecified atom stereocenters. The molecule has 0 fully saturated rings. The van der Waals surface area contributed by atoms with Gasteiger partial charge in [0.05, 0.1) is 31.1 Å². The number of aliphatic hydroxyl groups excluding tert-OH is 2. The number of hydrogen-bond donors (Lipinski definition) is 17. The predicted octanol–water partition coefficient (Wildman–Crippen LogP) is -5.07. The van der Waals surface area contributed by atoms with Crippen molar-refractivity contribution < 1.29 is 63.3 Å². The molecule has 1 aromatic carbocycles. The van der Waals surface area contributed by atoms with Crippen molar-refractivity contribution in [2.45, 2.75) is 160 Å². The van der Waals surface area contributed by atoms with Gasteiger partial charge in [-0.05, 0) is 76.7 Å². The predicted molar refractivity (Wildman–Crippen MR) is 309 cm³/mol. The highest BCUT2D eigenvalue weighted by Gasteiger charge is 2.37. The van der Waals surface area contributed by atoms with Crippen LogP contribution in [0.2, 0.25) is 0 Å². The summed E-state index contributed by atoms with van der Waals surface area (Å²) in [5.74, 6) is -10.2. The Hall–Kier alpha value is -8.45. The fourth-order valence-corrected chi connectivity index (χ4v) is 8.23. The van der Waals surface area contributed by atoms with Gasteiger partial charge in [0.1, 0.15) is 48.8 Å². The lowest BCUT2D eigenvalue weighted by Gasteiger charge is -2.32. The van der Waals surface area contributed by atoms with E-state index < -0.39 is 139 Å². The molecule has 0 saturated heterocycles. The molecule has 84 heavy (non-hydrogen) atoms. The normalized spacial score (nSPS) is 15.0. The molecule has 1 heterocycles. The molecule has 11 atom stereocenters. The minimum Gasteiger partial charge on any atom is -0.480 e. The monoisotopic (exact) mass is 1180 g/mol. The van der Waals surface area contributed by atoms with Crippen molar-refractivity contribution in [3.8, 4) is 0 Å². The third-order valence-electron chi connectivity index (χ3n) is 13.0. The minimum absolute atomic E-state index is 0.000909. The summed E-state index contributed by atoms with van der Waals surface area (Å²) >= 11 is 0. The van der Waals surface area contributed by atoms with E-state index in [0.29, 0.717) is 18.5 Å².